The number of hydrogen-bond donors (Lipinski definition) is 1. The van der Waals surface area contributed by atoms with Crippen LogP contribution >= 0.6 is 11.3 Å². The molecule has 1 aliphatic rings. The number of carbonyl (C=O) groups is 2. The number of anilines is 1. The first-order chi connectivity index (χ1) is 12.4. The molecule has 9 heteroatoms. The summed E-state index contributed by atoms with van der Waals surface area (Å²) in [5.74, 6) is -0.320. The summed E-state index contributed by atoms with van der Waals surface area (Å²) in [6.07, 6.45) is 0. The Labute approximate surface area is 156 Å². The number of amides is 2. The molecule has 0 aliphatic carbocycles. The lowest BCUT2D eigenvalue weighted by molar-refractivity contribution is -0.114. The standard InChI is InChI=1S/C17H19N3O4S2/c1-13(21)18-15-6-4-14(5-7-15)17(22)19-8-10-20(11-9-19)26(23,24)16-3-2-12-25-16/h2-7,12H,8-11H2,1H3,(H,18,21). The average molecular weight is 393 g/mol. The van der Waals surface area contributed by atoms with E-state index in [9.17, 15) is 18.0 Å². The third-order valence-corrected chi connectivity index (χ3v) is 7.34. The number of carbonyl (C=O) groups excluding carboxylic acids is 2. The lowest BCUT2D eigenvalue weighted by atomic mass is 10.1. The molecule has 0 bridgehead atoms. The molecular formula is C17H19N3O4S2. The summed E-state index contributed by atoms with van der Waals surface area (Å²) < 4.78 is 26.8. The number of piperazine rings is 1. The molecule has 1 aromatic carbocycles. The first kappa shape index (κ1) is 18.6. The normalized spacial score (nSPS) is 15.7. The minimum Gasteiger partial charge on any atom is -0.336 e. The maximum Gasteiger partial charge on any atom is 0.253 e. The zero-order chi connectivity index (χ0) is 18.7. The zero-order valence-electron chi connectivity index (χ0n) is 14.2. The van der Waals surface area contributed by atoms with Crippen LogP contribution < -0.4 is 5.32 Å². The van der Waals surface area contributed by atoms with Crippen LogP contribution in [-0.2, 0) is 14.8 Å². The van der Waals surface area contributed by atoms with Crippen LogP contribution in [0.15, 0.2) is 46.0 Å². The lowest BCUT2D eigenvalue weighted by Gasteiger charge is -2.33. The topological polar surface area (TPSA) is 86.8 Å². The van der Waals surface area contributed by atoms with Gasteiger partial charge in [0.2, 0.25) is 5.91 Å². The first-order valence-electron chi connectivity index (χ1n) is 8.08. The van der Waals surface area contributed by atoms with Crippen molar-refractivity contribution in [3.05, 3.63) is 47.3 Å². The van der Waals surface area contributed by atoms with E-state index in [1.54, 1.807) is 46.7 Å². The van der Waals surface area contributed by atoms with Gasteiger partial charge < -0.3 is 10.2 Å². The van der Waals surface area contributed by atoms with E-state index >= 15 is 0 Å². The highest BCUT2D eigenvalue weighted by Gasteiger charge is 2.30. The second-order valence-corrected chi connectivity index (χ2v) is 9.00. The van der Waals surface area contributed by atoms with Crippen molar-refractivity contribution in [2.75, 3.05) is 31.5 Å². The molecule has 138 valence electrons. The molecule has 2 amide bonds. The minimum absolute atomic E-state index is 0.146. The van der Waals surface area contributed by atoms with Gasteiger partial charge in [0.05, 0.1) is 0 Å². The van der Waals surface area contributed by atoms with Crippen LogP contribution in [0.3, 0.4) is 0 Å². The minimum atomic E-state index is -3.48. The van der Waals surface area contributed by atoms with Crippen LogP contribution in [0.25, 0.3) is 0 Å². The highest BCUT2D eigenvalue weighted by atomic mass is 32.2. The second kappa shape index (κ2) is 7.56. The predicted molar refractivity (Wildman–Crippen MR) is 99.7 cm³/mol. The summed E-state index contributed by atoms with van der Waals surface area (Å²) in [6, 6.07) is 9.96. The van der Waals surface area contributed by atoms with E-state index in [1.165, 1.54) is 22.6 Å². The van der Waals surface area contributed by atoms with Crippen molar-refractivity contribution in [1.29, 1.82) is 0 Å². The quantitative estimate of drug-likeness (QED) is 0.859. The van der Waals surface area contributed by atoms with Crippen molar-refractivity contribution in [2.24, 2.45) is 0 Å². The Balaban J connectivity index is 1.62. The van der Waals surface area contributed by atoms with Gasteiger partial charge in [0.25, 0.3) is 15.9 Å². The lowest BCUT2D eigenvalue weighted by Crippen LogP contribution is -2.50. The molecule has 1 N–H and O–H groups in total. The summed E-state index contributed by atoms with van der Waals surface area (Å²) in [5.41, 5.74) is 1.13. The predicted octanol–water partition coefficient (Wildman–Crippen LogP) is 1.85. The summed E-state index contributed by atoms with van der Waals surface area (Å²) >= 11 is 1.19. The Bertz CT molecular complexity index is 885. The average Bonchev–Trinajstić information content (AvgIpc) is 3.17. The molecule has 26 heavy (non-hydrogen) atoms. The van der Waals surface area contributed by atoms with Gasteiger partial charge in [-0.2, -0.15) is 4.31 Å². The van der Waals surface area contributed by atoms with Crippen molar-refractivity contribution < 1.29 is 18.0 Å². The van der Waals surface area contributed by atoms with Gasteiger partial charge in [-0.15, -0.1) is 11.3 Å². The SMILES string of the molecule is CC(=O)Nc1ccc(C(=O)N2CCN(S(=O)(=O)c3cccs3)CC2)cc1. The van der Waals surface area contributed by atoms with Gasteiger partial charge in [-0.05, 0) is 35.7 Å². The molecule has 1 aromatic heterocycles. The number of nitrogens with one attached hydrogen (secondary N) is 1. The van der Waals surface area contributed by atoms with Crippen LogP contribution in [0.4, 0.5) is 5.69 Å². The van der Waals surface area contributed by atoms with Crippen molar-refractivity contribution >= 4 is 38.9 Å². The Morgan fingerprint density at radius 2 is 1.69 bits per heavy atom. The molecule has 1 aliphatic heterocycles. The maximum absolute atomic E-state index is 12.6. The third-order valence-electron chi connectivity index (χ3n) is 4.07. The highest BCUT2D eigenvalue weighted by molar-refractivity contribution is 7.91. The highest BCUT2D eigenvalue weighted by Crippen LogP contribution is 2.22. The second-order valence-electron chi connectivity index (χ2n) is 5.89. The molecule has 0 spiro atoms. The molecule has 0 atom stereocenters. The molecule has 3 rings (SSSR count). The molecule has 1 fully saturated rings. The molecule has 7 nitrogen and oxygen atoms in total. The molecule has 2 aromatic rings. The Hall–Kier alpha value is -2.23. The van der Waals surface area contributed by atoms with Gasteiger partial charge in [0, 0.05) is 44.4 Å². The van der Waals surface area contributed by atoms with Crippen LogP contribution in [0, 0.1) is 0 Å². The van der Waals surface area contributed by atoms with E-state index in [0.717, 1.165) is 0 Å². The van der Waals surface area contributed by atoms with E-state index in [-0.39, 0.29) is 24.9 Å². The van der Waals surface area contributed by atoms with Crippen LogP contribution in [-0.4, -0.2) is 55.6 Å². The fourth-order valence-corrected chi connectivity index (χ4v) is 5.32. The summed E-state index contributed by atoms with van der Waals surface area (Å²) in [4.78, 5) is 25.3. The van der Waals surface area contributed by atoms with E-state index in [4.69, 9.17) is 0 Å². The summed E-state index contributed by atoms with van der Waals surface area (Å²) in [5, 5.41) is 4.38. The van der Waals surface area contributed by atoms with Gasteiger partial charge in [0.1, 0.15) is 4.21 Å². The zero-order valence-corrected chi connectivity index (χ0v) is 15.8. The van der Waals surface area contributed by atoms with Crippen LogP contribution in [0.1, 0.15) is 17.3 Å². The monoisotopic (exact) mass is 393 g/mol. The van der Waals surface area contributed by atoms with Crippen molar-refractivity contribution in [1.82, 2.24) is 9.21 Å². The van der Waals surface area contributed by atoms with E-state index in [0.29, 0.717) is 28.5 Å². The fourth-order valence-electron chi connectivity index (χ4n) is 2.75. The summed E-state index contributed by atoms with van der Waals surface area (Å²) in [6.45, 7) is 2.66. The Kier molecular flexibility index (Phi) is 5.40. The molecule has 0 unspecified atom stereocenters. The van der Waals surface area contributed by atoms with Crippen molar-refractivity contribution in [3.8, 4) is 0 Å². The number of hydrogen-bond acceptors (Lipinski definition) is 5. The molecule has 0 saturated carbocycles. The van der Waals surface area contributed by atoms with Gasteiger partial charge in [-0.3, -0.25) is 9.59 Å². The van der Waals surface area contributed by atoms with Crippen LogP contribution in [0.5, 0.6) is 0 Å². The first-order valence-corrected chi connectivity index (χ1v) is 10.4. The summed E-state index contributed by atoms with van der Waals surface area (Å²) in [7, 11) is -3.48. The van der Waals surface area contributed by atoms with Gasteiger partial charge in [-0.25, -0.2) is 8.42 Å². The van der Waals surface area contributed by atoms with E-state index < -0.39 is 10.0 Å². The third kappa shape index (κ3) is 3.95. The van der Waals surface area contributed by atoms with E-state index in [1.807, 2.05) is 0 Å². The molecule has 2 heterocycles. The number of sulfonamides is 1. The molecule has 0 radical (unpaired) electrons. The number of nitrogens with zero attached hydrogens (tertiary/aromatic N) is 2. The smallest absolute Gasteiger partial charge is 0.253 e. The van der Waals surface area contributed by atoms with Gasteiger partial charge >= 0.3 is 0 Å². The number of benzene rings is 1. The molecular weight excluding hydrogens is 374 g/mol. The maximum atomic E-state index is 12.6. The Morgan fingerprint density at radius 1 is 1.04 bits per heavy atom. The largest absolute Gasteiger partial charge is 0.336 e. The number of rotatable bonds is 4. The van der Waals surface area contributed by atoms with Crippen molar-refractivity contribution in [2.45, 2.75) is 11.1 Å². The van der Waals surface area contributed by atoms with Gasteiger partial charge in [0.15, 0.2) is 0 Å². The molecule has 1 saturated heterocycles. The number of thiophene rings is 1. The van der Waals surface area contributed by atoms with Crippen LogP contribution in [0.2, 0.25) is 0 Å². The fraction of sp³-hybridized carbons (Fsp3) is 0.294. The Morgan fingerprint density at radius 3 is 2.23 bits per heavy atom. The van der Waals surface area contributed by atoms with Gasteiger partial charge in [-0.1, -0.05) is 6.07 Å². The van der Waals surface area contributed by atoms with Crippen molar-refractivity contribution in [3.63, 3.8) is 0 Å². The van der Waals surface area contributed by atoms with E-state index in [2.05, 4.69) is 5.32 Å².